The Morgan fingerprint density at radius 1 is 1.20 bits per heavy atom. The van der Waals surface area contributed by atoms with Crippen LogP contribution in [-0.2, 0) is 9.05 Å². The number of nitrogens with zero attached hydrogens (tertiary/aromatic N) is 3. The molecule has 7 heteroatoms. The molecule has 0 N–H and O–H groups in total. The van der Waals surface area contributed by atoms with Crippen molar-refractivity contribution in [2.24, 2.45) is 0 Å². The third-order valence-electron chi connectivity index (χ3n) is 2.76. The molecule has 2 aliphatic carbocycles. The molecule has 0 saturated heterocycles. The van der Waals surface area contributed by atoms with Crippen LogP contribution in [0.5, 0.6) is 0 Å². The van der Waals surface area contributed by atoms with Crippen molar-refractivity contribution >= 4 is 19.7 Å². The first-order valence-electron chi connectivity index (χ1n) is 4.97. The van der Waals surface area contributed by atoms with Crippen LogP contribution < -0.4 is 0 Å². The van der Waals surface area contributed by atoms with Gasteiger partial charge in [-0.15, -0.1) is 10.2 Å². The largest absolute Gasteiger partial charge is 0.297 e. The first kappa shape index (κ1) is 9.59. The molecule has 0 amide bonds. The van der Waals surface area contributed by atoms with Crippen LogP contribution in [0.1, 0.15) is 43.5 Å². The highest BCUT2D eigenvalue weighted by atomic mass is 35.7. The van der Waals surface area contributed by atoms with Gasteiger partial charge in [0.25, 0.3) is 14.2 Å². The van der Waals surface area contributed by atoms with Crippen LogP contribution in [0, 0.1) is 0 Å². The highest BCUT2D eigenvalue weighted by Crippen LogP contribution is 2.45. The van der Waals surface area contributed by atoms with Crippen LogP contribution >= 0.6 is 10.7 Å². The monoisotopic (exact) mass is 247 g/mol. The number of halogens is 1. The number of aromatic nitrogens is 3. The number of hydrogen-bond donors (Lipinski definition) is 0. The van der Waals surface area contributed by atoms with Gasteiger partial charge in [-0.25, -0.2) is 8.42 Å². The van der Waals surface area contributed by atoms with Crippen molar-refractivity contribution in [3.05, 3.63) is 5.82 Å². The highest BCUT2D eigenvalue weighted by molar-refractivity contribution is 8.13. The lowest BCUT2D eigenvalue weighted by molar-refractivity contribution is 0.569. The van der Waals surface area contributed by atoms with Gasteiger partial charge >= 0.3 is 0 Å². The quantitative estimate of drug-likeness (QED) is 0.758. The van der Waals surface area contributed by atoms with Crippen molar-refractivity contribution in [1.82, 2.24) is 14.8 Å². The standard InChI is InChI=1S/C8H10ClN3O2S/c9-15(13,14)8-11-10-7(5-1-2-5)12(8)6-3-4-6/h5-6H,1-4H2. The molecule has 0 radical (unpaired) electrons. The van der Waals surface area contributed by atoms with Gasteiger partial charge in [-0.1, -0.05) is 0 Å². The summed E-state index contributed by atoms with van der Waals surface area (Å²) in [7, 11) is 1.56. The smallest absolute Gasteiger partial charge is 0.296 e. The van der Waals surface area contributed by atoms with Crippen LogP contribution in [0.15, 0.2) is 5.16 Å². The van der Waals surface area contributed by atoms with E-state index in [-0.39, 0.29) is 11.2 Å². The van der Waals surface area contributed by atoms with Crippen LogP contribution in [0.3, 0.4) is 0 Å². The molecule has 2 aliphatic rings. The van der Waals surface area contributed by atoms with Gasteiger partial charge in [0.05, 0.1) is 0 Å². The van der Waals surface area contributed by atoms with E-state index in [9.17, 15) is 8.42 Å². The summed E-state index contributed by atoms with van der Waals surface area (Å²) in [5.74, 6) is 1.20. The van der Waals surface area contributed by atoms with E-state index in [0.29, 0.717) is 5.92 Å². The van der Waals surface area contributed by atoms with Gasteiger partial charge in [-0.2, -0.15) is 0 Å². The molecule has 2 fully saturated rings. The van der Waals surface area contributed by atoms with E-state index in [1.54, 1.807) is 4.57 Å². The number of rotatable bonds is 3. The Kier molecular flexibility index (Phi) is 1.88. The van der Waals surface area contributed by atoms with E-state index >= 15 is 0 Å². The highest BCUT2D eigenvalue weighted by Gasteiger charge is 2.38. The topological polar surface area (TPSA) is 64.8 Å². The van der Waals surface area contributed by atoms with E-state index < -0.39 is 9.05 Å². The summed E-state index contributed by atoms with van der Waals surface area (Å²) in [5, 5.41) is 7.58. The maximum absolute atomic E-state index is 11.3. The Morgan fingerprint density at radius 2 is 1.87 bits per heavy atom. The van der Waals surface area contributed by atoms with Crippen molar-refractivity contribution < 1.29 is 8.42 Å². The fourth-order valence-electron chi connectivity index (χ4n) is 1.75. The maximum Gasteiger partial charge on any atom is 0.296 e. The summed E-state index contributed by atoms with van der Waals surface area (Å²) < 4.78 is 24.3. The molecule has 82 valence electrons. The summed E-state index contributed by atoms with van der Waals surface area (Å²) in [4.78, 5) is 0. The molecular formula is C8H10ClN3O2S. The second-order valence-electron chi connectivity index (χ2n) is 4.15. The van der Waals surface area contributed by atoms with Gasteiger partial charge in [0.15, 0.2) is 0 Å². The van der Waals surface area contributed by atoms with E-state index in [1.807, 2.05) is 0 Å². The zero-order valence-corrected chi connectivity index (χ0v) is 9.50. The lowest BCUT2D eigenvalue weighted by Crippen LogP contribution is -2.07. The average Bonchev–Trinajstić information content (AvgIpc) is 3.02. The van der Waals surface area contributed by atoms with E-state index in [2.05, 4.69) is 10.2 Å². The van der Waals surface area contributed by atoms with Crippen molar-refractivity contribution in [1.29, 1.82) is 0 Å². The minimum Gasteiger partial charge on any atom is -0.297 e. The third-order valence-corrected chi connectivity index (χ3v) is 3.89. The molecule has 0 aromatic carbocycles. The van der Waals surface area contributed by atoms with Gasteiger partial charge < -0.3 is 0 Å². The predicted molar refractivity (Wildman–Crippen MR) is 53.3 cm³/mol. The lowest BCUT2D eigenvalue weighted by Gasteiger charge is -2.05. The molecule has 1 heterocycles. The molecule has 0 bridgehead atoms. The van der Waals surface area contributed by atoms with Gasteiger partial charge in [-0.3, -0.25) is 4.57 Å². The summed E-state index contributed by atoms with van der Waals surface area (Å²) in [6, 6.07) is 0.249. The molecule has 0 spiro atoms. The second kappa shape index (κ2) is 2.95. The Balaban J connectivity index is 2.14. The van der Waals surface area contributed by atoms with E-state index in [0.717, 1.165) is 31.5 Å². The SMILES string of the molecule is O=S(=O)(Cl)c1nnc(C2CC2)n1C1CC1. The molecule has 0 atom stereocenters. The zero-order valence-electron chi connectivity index (χ0n) is 7.93. The molecule has 0 unspecified atom stereocenters. The minimum absolute atomic E-state index is 0.0754. The van der Waals surface area contributed by atoms with Gasteiger partial charge in [0.1, 0.15) is 5.82 Å². The number of hydrogen-bond acceptors (Lipinski definition) is 4. The molecule has 5 nitrogen and oxygen atoms in total. The fraction of sp³-hybridized carbons (Fsp3) is 0.750. The van der Waals surface area contributed by atoms with E-state index in [1.165, 1.54) is 0 Å². The maximum atomic E-state index is 11.3. The Morgan fingerprint density at radius 3 is 2.33 bits per heavy atom. The Bertz CT molecular complexity index is 502. The fourth-order valence-corrected chi connectivity index (χ4v) is 2.68. The van der Waals surface area contributed by atoms with Crippen LogP contribution in [0.2, 0.25) is 0 Å². The molecule has 1 aromatic rings. The minimum atomic E-state index is -3.76. The predicted octanol–water partition coefficient (Wildman–Crippen LogP) is 1.42. The van der Waals surface area contributed by atoms with Crippen molar-refractivity contribution in [3.63, 3.8) is 0 Å². The molecule has 1 aromatic heterocycles. The van der Waals surface area contributed by atoms with Crippen molar-refractivity contribution in [2.45, 2.75) is 42.8 Å². The van der Waals surface area contributed by atoms with Crippen LogP contribution in [0.25, 0.3) is 0 Å². The molecule has 0 aliphatic heterocycles. The van der Waals surface area contributed by atoms with Gasteiger partial charge in [-0.05, 0) is 25.7 Å². The lowest BCUT2D eigenvalue weighted by atomic mass is 10.4. The molecular weight excluding hydrogens is 238 g/mol. The van der Waals surface area contributed by atoms with Crippen LogP contribution in [-0.4, -0.2) is 23.2 Å². The van der Waals surface area contributed by atoms with Crippen molar-refractivity contribution in [3.8, 4) is 0 Å². The first-order valence-corrected chi connectivity index (χ1v) is 7.28. The molecule has 15 heavy (non-hydrogen) atoms. The average molecular weight is 248 g/mol. The van der Waals surface area contributed by atoms with Crippen molar-refractivity contribution in [2.75, 3.05) is 0 Å². The summed E-state index contributed by atoms with van der Waals surface area (Å²) in [6.45, 7) is 0. The summed E-state index contributed by atoms with van der Waals surface area (Å²) in [5.41, 5.74) is 0. The Labute approximate surface area is 91.9 Å². The Hall–Kier alpha value is -0.620. The zero-order chi connectivity index (χ0) is 10.6. The normalized spacial score (nSPS) is 21.9. The molecule has 2 saturated carbocycles. The van der Waals surface area contributed by atoms with Gasteiger partial charge in [0, 0.05) is 22.6 Å². The summed E-state index contributed by atoms with van der Waals surface area (Å²) >= 11 is 0. The summed E-state index contributed by atoms with van der Waals surface area (Å²) in [6.07, 6.45) is 4.15. The molecule has 3 rings (SSSR count). The second-order valence-corrected chi connectivity index (χ2v) is 6.61. The van der Waals surface area contributed by atoms with Crippen LogP contribution in [0.4, 0.5) is 0 Å². The first-order chi connectivity index (χ1) is 7.07. The van der Waals surface area contributed by atoms with E-state index in [4.69, 9.17) is 10.7 Å². The third kappa shape index (κ3) is 1.65. The van der Waals surface area contributed by atoms with Gasteiger partial charge in [0.2, 0.25) is 0 Å².